The number of carbonyl (C=O) groups is 1. The molecule has 1 heterocycles. The first kappa shape index (κ1) is 14.8. The Labute approximate surface area is 119 Å². The van der Waals surface area contributed by atoms with Crippen LogP contribution in [0.5, 0.6) is 5.75 Å². The van der Waals surface area contributed by atoms with E-state index >= 15 is 0 Å². The zero-order valence-corrected chi connectivity index (χ0v) is 11.9. The smallest absolute Gasteiger partial charge is 0.254 e. The summed E-state index contributed by atoms with van der Waals surface area (Å²) < 4.78 is 11.1. The zero-order valence-electron chi connectivity index (χ0n) is 11.9. The standard InChI is InChI=1S/C15H22N2O3/c1-2-3-9-19-13-7-5-4-6-12(13)17-15(18)14-11-16-8-10-20-14/h4-7,14,16H,2-3,8-11H2,1H3,(H,17,18). The summed E-state index contributed by atoms with van der Waals surface area (Å²) in [6.07, 6.45) is 1.64. The van der Waals surface area contributed by atoms with Crippen molar-refractivity contribution < 1.29 is 14.3 Å². The number of benzene rings is 1. The second-order valence-electron chi connectivity index (χ2n) is 4.75. The van der Waals surface area contributed by atoms with Crippen molar-refractivity contribution >= 4 is 11.6 Å². The number of amides is 1. The molecule has 1 saturated heterocycles. The monoisotopic (exact) mass is 278 g/mol. The Hall–Kier alpha value is -1.59. The van der Waals surface area contributed by atoms with Gasteiger partial charge in [0.2, 0.25) is 0 Å². The number of rotatable bonds is 6. The van der Waals surface area contributed by atoms with Gasteiger partial charge in [-0.15, -0.1) is 0 Å². The van der Waals surface area contributed by atoms with Crippen molar-refractivity contribution in [2.24, 2.45) is 0 Å². The third-order valence-electron chi connectivity index (χ3n) is 3.12. The number of unbranched alkanes of at least 4 members (excludes halogenated alkanes) is 1. The van der Waals surface area contributed by atoms with Crippen LogP contribution in [0.1, 0.15) is 19.8 Å². The van der Waals surface area contributed by atoms with E-state index < -0.39 is 6.10 Å². The lowest BCUT2D eigenvalue weighted by atomic mass is 10.2. The fourth-order valence-corrected chi connectivity index (χ4v) is 1.97. The molecule has 0 aromatic heterocycles. The van der Waals surface area contributed by atoms with Gasteiger partial charge in [0.15, 0.2) is 0 Å². The molecule has 5 nitrogen and oxygen atoms in total. The molecule has 110 valence electrons. The molecule has 0 bridgehead atoms. The van der Waals surface area contributed by atoms with Gasteiger partial charge < -0.3 is 20.1 Å². The molecule has 20 heavy (non-hydrogen) atoms. The van der Waals surface area contributed by atoms with Gasteiger partial charge in [-0.3, -0.25) is 4.79 Å². The van der Waals surface area contributed by atoms with E-state index in [1.54, 1.807) is 0 Å². The van der Waals surface area contributed by atoms with Gasteiger partial charge in [0, 0.05) is 13.1 Å². The van der Waals surface area contributed by atoms with E-state index in [1.807, 2.05) is 24.3 Å². The Morgan fingerprint density at radius 2 is 2.35 bits per heavy atom. The van der Waals surface area contributed by atoms with Crippen LogP contribution in [0.25, 0.3) is 0 Å². The maximum absolute atomic E-state index is 12.1. The number of ether oxygens (including phenoxy) is 2. The highest BCUT2D eigenvalue weighted by Crippen LogP contribution is 2.24. The van der Waals surface area contributed by atoms with E-state index in [0.717, 1.165) is 19.4 Å². The SMILES string of the molecule is CCCCOc1ccccc1NC(=O)C1CNCCO1. The van der Waals surface area contributed by atoms with Crippen LogP contribution in [0.3, 0.4) is 0 Å². The molecule has 1 aliphatic rings. The second-order valence-corrected chi connectivity index (χ2v) is 4.75. The summed E-state index contributed by atoms with van der Waals surface area (Å²) >= 11 is 0. The number of morpholine rings is 1. The van der Waals surface area contributed by atoms with Crippen LogP contribution in [-0.4, -0.2) is 38.3 Å². The van der Waals surface area contributed by atoms with Crippen molar-refractivity contribution in [1.29, 1.82) is 0 Å². The van der Waals surface area contributed by atoms with Crippen LogP contribution < -0.4 is 15.4 Å². The molecule has 0 spiro atoms. The van der Waals surface area contributed by atoms with Crippen LogP contribution >= 0.6 is 0 Å². The normalized spacial score (nSPS) is 18.6. The number of hydrogen-bond acceptors (Lipinski definition) is 4. The van der Waals surface area contributed by atoms with Crippen molar-refractivity contribution in [3.8, 4) is 5.75 Å². The van der Waals surface area contributed by atoms with E-state index in [1.165, 1.54) is 0 Å². The minimum atomic E-state index is -0.438. The molecule has 1 atom stereocenters. The second kappa shape index (κ2) is 7.87. The van der Waals surface area contributed by atoms with Gasteiger partial charge in [0.1, 0.15) is 11.9 Å². The van der Waals surface area contributed by atoms with Crippen LogP contribution in [0.15, 0.2) is 24.3 Å². The molecule has 5 heteroatoms. The first-order valence-corrected chi connectivity index (χ1v) is 7.16. The lowest BCUT2D eigenvalue weighted by molar-refractivity contribution is -0.128. The summed E-state index contributed by atoms with van der Waals surface area (Å²) in [5.74, 6) is 0.571. The molecule has 0 aliphatic carbocycles. The van der Waals surface area contributed by atoms with Crippen molar-refractivity contribution in [3.05, 3.63) is 24.3 Å². The van der Waals surface area contributed by atoms with Crippen LogP contribution in [0, 0.1) is 0 Å². The maximum Gasteiger partial charge on any atom is 0.254 e. The number of hydrogen-bond donors (Lipinski definition) is 2. The summed E-state index contributed by atoms with van der Waals surface area (Å²) in [6.45, 7) is 4.67. The molecule has 1 aromatic carbocycles. The van der Waals surface area contributed by atoms with Crippen LogP contribution in [-0.2, 0) is 9.53 Å². The summed E-state index contributed by atoms with van der Waals surface area (Å²) in [6, 6.07) is 7.48. The predicted molar refractivity (Wildman–Crippen MR) is 78.1 cm³/mol. The highest BCUT2D eigenvalue weighted by molar-refractivity contribution is 5.95. The van der Waals surface area contributed by atoms with E-state index in [9.17, 15) is 4.79 Å². The average molecular weight is 278 g/mol. The van der Waals surface area contributed by atoms with Crippen molar-refractivity contribution in [1.82, 2.24) is 5.32 Å². The Morgan fingerprint density at radius 1 is 1.50 bits per heavy atom. The van der Waals surface area contributed by atoms with E-state index in [4.69, 9.17) is 9.47 Å². The van der Waals surface area contributed by atoms with Gasteiger partial charge in [-0.05, 0) is 18.6 Å². The minimum absolute atomic E-state index is 0.135. The summed E-state index contributed by atoms with van der Waals surface area (Å²) in [4.78, 5) is 12.1. The van der Waals surface area contributed by atoms with Gasteiger partial charge in [-0.25, -0.2) is 0 Å². The predicted octanol–water partition coefficient (Wildman–Crippen LogP) is 1.79. The molecule has 1 aliphatic heterocycles. The third kappa shape index (κ3) is 4.21. The van der Waals surface area contributed by atoms with Crippen LogP contribution in [0.2, 0.25) is 0 Å². The first-order chi connectivity index (χ1) is 9.81. The first-order valence-electron chi connectivity index (χ1n) is 7.16. The summed E-state index contributed by atoms with van der Waals surface area (Å²) in [5, 5.41) is 6.02. The average Bonchev–Trinajstić information content (AvgIpc) is 2.50. The quantitative estimate of drug-likeness (QED) is 0.779. The number of nitrogens with one attached hydrogen (secondary N) is 2. The highest BCUT2D eigenvalue weighted by Gasteiger charge is 2.22. The molecular formula is C15H22N2O3. The largest absolute Gasteiger partial charge is 0.491 e. The summed E-state index contributed by atoms with van der Waals surface area (Å²) in [7, 11) is 0. The maximum atomic E-state index is 12.1. The Morgan fingerprint density at radius 3 is 3.10 bits per heavy atom. The highest BCUT2D eigenvalue weighted by atomic mass is 16.5. The molecule has 0 saturated carbocycles. The lowest BCUT2D eigenvalue weighted by Gasteiger charge is -2.23. The van der Waals surface area contributed by atoms with Gasteiger partial charge >= 0.3 is 0 Å². The topological polar surface area (TPSA) is 59.6 Å². The van der Waals surface area contributed by atoms with Crippen LogP contribution in [0.4, 0.5) is 5.69 Å². The Bertz CT molecular complexity index is 431. The minimum Gasteiger partial charge on any atom is -0.491 e. The Kier molecular flexibility index (Phi) is 5.83. The molecule has 1 amide bonds. The van der Waals surface area contributed by atoms with E-state index in [0.29, 0.717) is 31.2 Å². The van der Waals surface area contributed by atoms with E-state index in [2.05, 4.69) is 17.6 Å². The van der Waals surface area contributed by atoms with Crippen molar-refractivity contribution in [2.45, 2.75) is 25.9 Å². The Balaban J connectivity index is 1.95. The van der Waals surface area contributed by atoms with Gasteiger partial charge in [-0.2, -0.15) is 0 Å². The van der Waals surface area contributed by atoms with E-state index in [-0.39, 0.29) is 5.91 Å². The zero-order chi connectivity index (χ0) is 14.2. The third-order valence-corrected chi connectivity index (χ3v) is 3.12. The summed E-state index contributed by atoms with van der Waals surface area (Å²) in [5.41, 5.74) is 0.697. The molecule has 1 fully saturated rings. The molecule has 0 radical (unpaired) electrons. The molecule has 1 aromatic rings. The molecule has 1 unspecified atom stereocenters. The fraction of sp³-hybridized carbons (Fsp3) is 0.533. The molecule has 2 rings (SSSR count). The van der Waals surface area contributed by atoms with Crippen molar-refractivity contribution in [2.75, 3.05) is 31.6 Å². The number of anilines is 1. The fourth-order valence-electron chi connectivity index (χ4n) is 1.97. The van der Waals surface area contributed by atoms with Gasteiger partial charge in [0.25, 0.3) is 5.91 Å². The number of carbonyl (C=O) groups excluding carboxylic acids is 1. The molecular weight excluding hydrogens is 256 g/mol. The van der Waals surface area contributed by atoms with Gasteiger partial charge in [0.05, 0.1) is 18.9 Å². The lowest BCUT2D eigenvalue weighted by Crippen LogP contribution is -2.45. The van der Waals surface area contributed by atoms with Crippen molar-refractivity contribution in [3.63, 3.8) is 0 Å². The number of para-hydroxylation sites is 2. The molecule has 2 N–H and O–H groups in total. The van der Waals surface area contributed by atoms with Gasteiger partial charge in [-0.1, -0.05) is 25.5 Å².